The molecule has 3 amide bonds. The number of aryl methyl sites for hydroxylation is 1. The highest BCUT2D eigenvalue weighted by Crippen LogP contribution is 2.20. The average Bonchev–Trinajstić information content (AvgIpc) is 2.74. The fraction of sp³-hybridized carbons (Fsp3) is 0.348. The van der Waals surface area contributed by atoms with Crippen molar-refractivity contribution >= 4 is 17.6 Å². The van der Waals surface area contributed by atoms with E-state index in [0.29, 0.717) is 18.7 Å². The third kappa shape index (κ3) is 5.35. The van der Waals surface area contributed by atoms with E-state index in [1.54, 1.807) is 17.0 Å². The van der Waals surface area contributed by atoms with E-state index >= 15 is 0 Å². The first kappa shape index (κ1) is 20.4. The van der Waals surface area contributed by atoms with Crippen LogP contribution in [0.2, 0.25) is 0 Å². The molecule has 3 rings (SSSR count). The Labute approximate surface area is 171 Å². The van der Waals surface area contributed by atoms with Crippen molar-refractivity contribution in [1.82, 2.24) is 10.2 Å². The zero-order valence-corrected chi connectivity index (χ0v) is 16.8. The molecule has 2 aromatic carbocycles. The van der Waals surface area contributed by atoms with Gasteiger partial charge in [0.05, 0.1) is 23.6 Å². The van der Waals surface area contributed by atoms with Gasteiger partial charge in [-0.05, 0) is 62.1 Å². The Bertz CT molecular complexity index is 917. The second-order valence-corrected chi connectivity index (χ2v) is 7.55. The van der Waals surface area contributed by atoms with E-state index in [-0.39, 0.29) is 23.9 Å². The minimum Gasteiger partial charge on any atom is -0.349 e. The fourth-order valence-electron chi connectivity index (χ4n) is 3.56. The summed E-state index contributed by atoms with van der Waals surface area (Å²) in [5.74, 6) is -0.275. The van der Waals surface area contributed by atoms with Crippen molar-refractivity contribution in [3.8, 4) is 6.07 Å². The van der Waals surface area contributed by atoms with Crippen LogP contribution >= 0.6 is 0 Å². The molecule has 6 nitrogen and oxygen atoms in total. The van der Waals surface area contributed by atoms with E-state index in [4.69, 9.17) is 5.26 Å². The van der Waals surface area contributed by atoms with Crippen LogP contribution in [-0.4, -0.2) is 29.9 Å². The third-order valence-corrected chi connectivity index (χ3v) is 5.25. The molecule has 1 saturated heterocycles. The second kappa shape index (κ2) is 9.24. The summed E-state index contributed by atoms with van der Waals surface area (Å²) in [6, 6.07) is 16.6. The minimum absolute atomic E-state index is 0.0464. The number of rotatable bonds is 4. The number of hydrogen-bond acceptors (Lipinski definition) is 3. The SMILES string of the molecule is Cc1cccc(NC(=O)N2CCCC(C(=O)NC(C)c3ccc(C#N)cc3)C2)c1. The number of likely N-dealkylation sites (tertiary alicyclic amines) is 1. The summed E-state index contributed by atoms with van der Waals surface area (Å²) in [5.41, 5.74) is 3.38. The Hall–Kier alpha value is -3.33. The summed E-state index contributed by atoms with van der Waals surface area (Å²) in [6.07, 6.45) is 1.56. The molecule has 0 spiro atoms. The Morgan fingerprint density at radius 1 is 1.21 bits per heavy atom. The van der Waals surface area contributed by atoms with Crippen molar-refractivity contribution in [3.63, 3.8) is 0 Å². The molecule has 0 aromatic heterocycles. The number of nitrogens with one attached hydrogen (secondary N) is 2. The van der Waals surface area contributed by atoms with Gasteiger partial charge in [0.25, 0.3) is 0 Å². The Morgan fingerprint density at radius 3 is 2.66 bits per heavy atom. The lowest BCUT2D eigenvalue weighted by molar-refractivity contribution is -0.126. The molecule has 1 aliphatic rings. The van der Waals surface area contributed by atoms with Gasteiger partial charge in [-0.1, -0.05) is 24.3 Å². The molecule has 6 heteroatoms. The van der Waals surface area contributed by atoms with Crippen molar-refractivity contribution in [1.29, 1.82) is 5.26 Å². The number of hydrogen-bond donors (Lipinski definition) is 2. The summed E-state index contributed by atoms with van der Waals surface area (Å²) in [4.78, 5) is 27.1. The maximum atomic E-state index is 12.8. The zero-order valence-electron chi connectivity index (χ0n) is 16.8. The summed E-state index contributed by atoms with van der Waals surface area (Å²) in [7, 11) is 0. The van der Waals surface area contributed by atoms with Crippen molar-refractivity contribution in [2.24, 2.45) is 5.92 Å². The molecule has 0 aliphatic carbocycles. The van der Waals surface area contributed by atoms with Gasteiger partial charge in [-0.2, -0.15) is 5.26 Å². The fourth-order valence-corrected chi connectivity index (χ4v) is 3.56. The third-order valence-electron chi connectivity index (χ3n) is 5.25. The minimum atomic E-state index is -0.229. The van der Waals surface area contributed by atoms with Crippen LogP contribution in [0.1, 0.15) is 42.5 Å². The lowest BCUT2D eigenvalue weighted by atomic mass is 9.96. The van der Waals surface area contributed by atoms with Gasteiger partial charge in [-0.25, -0.2) is 4.79 Å². The second-order valence-electron chi connectivity index (χ2n) is 7.55. The number of carbonyl (C=O) groups excluding carboxylic acids is 2. The molecular weight excluding hydrogens is 364 g/mol. The molecule has 0 bridgehead atoms. The van der Waals surface area contributed by atoms with E-state index in [0.717, 1.165) is 29.7 Å². The Morgan fingerprint density at radius 2 is 1.97 bits per heavy atom. The molecule has 29 heavy (non-hydrogen) atoms. The number of nitriles is 1. The summed E-state index contributed by atoms with van der Waals surface area (Å²) in [5, 5.41) is 14.9. The lowest BCUT2D eigenvalue weighted by Crippen LogP contribution is -2.47. The molecular formula is C23H26N4O2. The molecule has 2 atom stereocenters. The van der Waals surface area contributed by atoms with Gasteiger partial charge in [0.15, 0.2) is 0 Å². The first-order chi connectivity index (χ1) is 14.0. The van der Waals surface area contributed by atoms with E-state index < -0.39 is 0 Å². The van der Waals surface area contributed by atoms with Gasteiger partial charge in [0.1, 0.15) is 0 Å². The van der Waals surface area contributed by atoms with Gasteiger partial charge in [0, 0.05) is 18.8 Å². The number of benzene rings is 2. The van der Waals surface area contributed by atoms with Crippen LogP contribution in [-0.2, 0) is 4.79 Å². The number of amides is 3. The summed E-state index contributed by atoms with van der Waals surface area (Å²) >= 11 is 0. The van der Waals surface area contributed by atoms with E-state index in [1.165, 1.54) is 0 Å². The summed E-state index contributed by atoms with van der Waals surface area (Å²) < 4.78 is 0. The molecule has 1 heterocycles. The molecule has 1 aliphatic heterocycles. The van der Waals surface area contributed by atoms with Crippen LogP contribution in [0.4, 0.5) is 10.5 Å². The first-order valence-electron chi connectivity index (χ1n) is 9.89. The number of urea groups is 1. The standard InChI is InChI=1S/C23H26N4O2/c1-16-5-3-7-21(13-16)26-23(29)27-12-4-6-20(15-27)22(28)25-17(2)19-10-8-18(14-24)9-11-19/h3,5,7-11,13,17,20H,4,6,12,15H2,1-2H3,(H,25,28)(H,26,29). The normalized spacial score (nSPS) is 17.1. The molecule has 1 fully saturated rings. The van der Waals surface area contributed by atoms with Gasteiger partial charge < -0.3 is 15.5 Å². The van der Waals surface area contributed by atoms with Crippen LogP contribution in [0.25, 0.3) is 0 Å². The largest absolute Gasteiger partial charge is 0.349 e. The van der Waals surface area contributed by atoms with Crippen LogP contribution in [0.15, 0.2) is 48.5 Å². The van der Waals surface area contributed by atoms with Crippen LogP contribution in [0.5, 0.6) is 0 Å². The monoisotopic (exact) mass is 390 g/mol. The quantitative estimate of drug-likeness (QED) is 0.828. The average molecular weight is 390 g/mol. The molecule has 150 valence electrons. The van der Waals surface area contributed by atoms with Gasteiger partial charge in [-0.15, -0.1) is 0 Å². The smallest absolute Gasteiger partial charge is 0.321 e. The zero-order chi connectivity index (χ0) is 20.8. The van der Waals surface area contributed by atoms with Crippen LogP contribution < -0.4 is 10.6 Å². The van der Waals surface area contributed by atoms with Crippen molar-refractivity contribution in [3.05, 3.63) is 65.2 Å². The highest BCUT2D eigenvalue weighted by atomic mass is 16.2. The summed E-state index contributed by atoms with van der Waals surface area (Å²) in [6.45, 7) is 4.95. The van der Waals surface area contributed by atoms with E-state index in [1.807, 2.05) is 50.2 Å². The number of nitrogens with zero attached hydrogens (tertiary/aromatic N) is 2. The lowest BCUT2D eigenvalue weighted by Gasteiger charge is -2.32. The van der Waals surface area contributed by atoms with E-state index in [9.17, 15) is 9.59 Å². The van der Waals surface area contributed by atoms with Gasteiger partial charge in [0.2, 0.25) is 5.91 Å². The number of anilines is 1. The van der Waals surface area contributed by atoms with Crippen LogP contribution in [0, 0.1) is 24.2 Å². The molecule has 2 unspecified atom stereocenters. The predicted octanol–water partition coefficient (Wildman–Crippen LogP) is 3.99. The maximum Gasteiger partial charge on any atom is 0.321 e. The molecule has 2 N–H and O–H groups in total. The topological polar surface area (TPSA) is 85.2 Å². The van der Waals surface area contributed by atoms with E-state index in [2.05, 4.69) is 16.7 Å². The van der Waals surface area contributed by atoms with Gasteiger partial charge >= 0.3 is 6.03 Å². The molecule has 0 radical (unpaired) electrons. The highest BCUT2D eigenvalue weighted by Gasteiger charge is 2.29. The van der Waals surface area contributed by atoms with Crippen molar-refractivity contribution in [2.75, 3.05) is 18.4 Å². The Balaban J connectivity index is 1.57. The maximum absolute atomic E-state index is 12.8. The number of carbonyl (C=O) groups is 2. The van der Waals surface area contributed by atoms with Crippen LogP contribution in [0.3, 0.4) is 0 Å². The van der Waals surface area contributed by atoms with Crippen molar-refractivity contribution < 1.29 is 9.59 Å². The molecule has 2 aromatic rings. The Kier molecular flexibility index (Phi) is 6.50. The predicted molar refractivity (Wildman–Crippen MR) is 112 cm³/mol. The first-order valence-corrected chi connectivity index (χ1v) is 9.89. The van der Waals surface area contributed by atoms with Gasteiger partial charge in [-0.3, -0.25) is 4.79 Å². The number of piperidine rings is 1. The highest BCUT2D eigenvalue weighted by molar-refractivity contribution is 5.90. The van der Waals surface area contributed by atoms with Crippen molar-refractivity contribution in [2.45, 2.75) is 32.7 Å². The molecule has 0 saturated carbocycles.